The minimum Gasteiger partial charge on any atom is -0.392 e. The topological polar surface area (TPSA) is 32.3 Å². The summed E-state index contributed by atoms with van der Waals surface area (Å²) in [4.78, 5) is 0. The third kappa shape index (κ3) is 2.80. The molecule has 0 saturated heterocycles. The van der Waals surface area contributed by atoms with Crippen molar-refractivity contribution in [3.63, 3.8) is 0 Å². The number of rotatable bonds is 4. The average Bonchev–Trinajstić information content (AvgIpc) is 2.37. The van der Waals surface area contributed by atoms with E-state index in [4.69, 9.17) is 0 Å². The van der Waals surface area contributed by atoms with E-state index in [1.165, 1.54) is 19.3 Å². The first-order valence-electron chi connectivity index (χ1n) is 4.76. The molecule has 0 unspecified atom stereocenters. The van der Waals surface area contributed by atoms with Gasteiger partial charge in [0.05, 0.1) is 6.10 Å². The molecule has 0 aromatic heterocycles. The highest BCUT2D eigenvalue weighted by Crippen LogP contribution is 2.18. The highest BCUT2D eigenvalue weighted by molar-refractivity contribution is 4.82. The van der Waals surface area contributed by atoms with Crippen molar-refractivity contribution >= 4 is 0 Å². The fourth-order valence-corrected chi connectivity index (χ4v) is 1.64. The lowest BCUT2D eigenvalue weighted by Crippen LogP contribution is -2.36. The van der Waals surface area contributed by atoms with Gasteiger partial charge in [-0.05, 0) is 32.2 Å². The lowest BCUT2D eigenvalue weighted by atomic mass is 10.2. The van der Waals surface area contributed by atoms with Gasteiger partial charge in [0.15, 0.2) is 0 Å². The second-order valence-corrected chi connectivity index (χ2v) is 3.41. The Kier molecular flexibility index (Phi) is 3.87. The third-order valence-electron chi connectivity index (χ3n) is 2.42. The van der Waals surface area contributed by atoms with E-state index in [1.54, 1.807) is 0 Å². The Labute approximate surface area is 69.0 Å². The summed E-state index contributed by atoms with van der Waals surface area (Å²) in [6.07, 6.45) is 5.71. The van der Waals surface area contributed by atoms with Crippen LogP contribution < -0.4 is 5.32 Å². The summed E-state index contributed by atoms with van der Waals surface area (Å²) < 4.78 is 0. The maximum absolute atomic E-state index is 9.43. The Morgan fingerprint density at radius 2 is 2.27 bits per heavy atom. The molecular weight excluding hydrogens is 138 g/mol. The van der Waals surface area contributed by atoms with Gasteiger partial charge in [0, 0.05) is 6.04 Å². The largest absolute Gasteiger partial charge is 0.392 e. The molecule has 0 aliphatic heterocycles. The van der Waals surface area contributed by atoms with Crippen molar-refractivity contribution in [3.8, 4) is 0 Å². The summed E-state index contributed by atoms with van der Waals surface area (Å²) in [6.45, 7) is 3.25. The second kappa shape index (κ2) is 4.73. The molecule has 11 heavy (non-hydrogen) atoms. The van der Waals surface area contributed by atoms with Crippen LogP contribution in [0.2, 0.25) is 0 Å². The monoisotopic (exact) mass is 157 g/mol. The molecule has 1 aliphatic carbocycles. The molecule has 0 spiro atoms. The summed E-state index contributed by atoms with van der Waals surface area (Å²) >= 11 is 0. The molecule has 2 nitrogen and oxygen atoms in total. The first-order chi connectivity index (χ1) is 5.34. The van der Waals surface area contributed by atoms with E-state index in [0.717, 1.165) is 19.4 Å². The predicted octanol–water partition coefficient (Wildman–Crippen LogP) is 1.29. The van der Waals surface area contributed by atoms with Crippen molar-refractivity contribution < 1.29 is 5.11 Å². The van der Waals surface area contributed by atoms with Crippen LogP contribution in [0.1, 0.15) is 39.0 Å². The number of aliphatic hydroxyl groups is 1. The van der Waals surface area contributed by atoms with Gasteiger partial charge in [-0.1, -0.05) is 13.3 Å². The molecule has 1 rings (SSSR count). The molecule has 1 saturated carbocycles. The SMILES string of the molecule is CCCCN[C@@H]1CCC[C@H]1O. The van der Waals surface area contributed by atoms with Crippen molar-refractivity contribution in [2.75, 3.05) is 6.54 Å². The predicted molar refractivity (Wildman–Crippen MR) is 46.6 cm³/mol. The maximum Gasteiger partial charge on any atom is 0.0693 e. The van der Waals surface area contributed by atoms with Crippen LogP contribution in [-0.4, -0.2) is 23.8 Å². The Bertz CT molecular complexity index is 106. The van der Waals surface area contributed by atoms with Crippen LogP contribution in [0, 0.1) is 0 Å². The molecule has 66 valence electrons. The van der Waals surface area contributed by atoms with Crippen molar-refractivity contribution in [3.05, 3.63) is 0 Å². The smallest absolute Gasteiger partial charge is 0.0693 e. The molecule has 0 bridgehead atoms. The number of unbranched alkanes of at least 4 members (excludes halogenated alkanes) is 1. The number of nitrogens with one attached hydrogen (secondary N) is 1. The molecule has 2 heteroatoms. The van der Waals surface area contributed by atoms with E-state index in [0.29, 0.717) is 6.04 Å². The van der Waals surface area contributed by atoms with Gasteiger partial charge in [0.1, 0.15) is 0 Å². The van der Waals surface area contributed by atoms with Crippen molar-refractivity contribution in [1.29, 1.82) is 0 Å². The zero-order valence-corrected chi connectivity index (χ0v) is 7.34. The first kappa shape index (κ1) is 9.01. The van der Waals surface area contributed by atoms with Crippen LogP contribution >= 0.6 is 0 Å². The maximum atomic E-state index is 9.43. The molecule has 1 fully saturated rings. The first-order valence-corrected chi connectivity index (χ1v) is 4.76. The van der Waals surface area contributed by atoms with E-state index < -0.39 is 0 Å². The molecule has 1 aliphatic rings. The van der Waals surface area contributed by atoms with E-state index in [1.807, 2.05) is 0 Å². The molecule has 0 radical (unpaired) electrons. The second-order valence-electron chi connectivity index (χ2n) is 3.41. The third-order valence-corrected chi connectivity index (χ3v) is 2.42. The Morgan fingerprint density at radius 3 is 2.82 bits per heavy atom. The van der Waals surface area contributed by atoms with Gasteiger partial charge in [0.25, 0.3) is 0 Å². The fraction of sp³-hybridized carbons (Fsp3) is 1.00. The van der Waals surface area contributed by atoms with E-state index >= 15 is 0 Å². The summed E-state index contributed by atoms with van der Waals surface area (Å²) in [5.74, 6) is 0. The standard InChI is InChI=1S/C9H19NO/c1-2-3-7-10-8-5-4-6-9(8)11/h8-11H,2-7H2,1H3/t8-,9-/m1/s1. The van der Waals surface area contributed by atoms with Gasteiger partial charge in [-0.25, -0.2) is 0 Å². The van der Waals surface area contributed by atoms with Gasteiger partial charge in [-0.15, -0.1) is 0 Å². The number of aliphatic hydroxyl groups excluding tert-OH is 1. The molecule has 0 amide bonds. The summed E-state index contributed by atoms with van der Waals surface area (Å²) in [5.41, 5.74) is 0. The quantitative estimate of drug-likeness (QED) is 0.603. The summed E-state index contributed by atoms with van der Waals surface area (Å²) in [5, 5.41) is 12.8. The summed E-state index contributed by atoms with van der Waals surface area (Å²) in [6, 6.07) is 0.390. The van der Waals surface area contributed by atoms with Crippen LogP contribution in [-0.2, 0) is 0 Å². The number of hydrogen-bond acceptors (Lipinski definition) is 2. The van der Waals surface area contributed by atoms with Gasteiger partial charge >= 0.3 is 0 Å². The summed E-state index contributed by atoms with van der Waals surface area (Å²) in [7, 11) is 0. The van der Waals surface area contributed by atoms with Crippen LogP contribution in [0.5, 0.6) is 0 Å². The van der Waals surface area contributed by atoms with E-state index in [2.05, 4.69) is 12.2 Å². The average molecular weight is 157 g/mol. The van der Waals surface area contributed by atoms with Crippen LogP contribution in [0.4, 0.5) is 0 Å². The van der Waals surface area contributed by atoms with Crippen LogP contribution in [0.15, 0.2) is 0 Å². The van der Waals surface area contributed by atoms with Gasteiger partial charge in [0.2, 0.25) is 0 Å². The van der Waals surface area contributed by atoms with Crippen LogP contribution in [0.25, 0.3) is 0 Å². The van der Waals surface area contributed by atoms with Crippen molar-refractivity contribution in [2.24, 2.45) is 0 Å². The van der Waals surface area contributed by atoms with Gasteiger partial charge in [-0.2, -0.15) is 0 Å². The Morgan fingerprint density at radius 1 is 1.45 bits per heavy atom. The Balaban J connectivity index is 2.05. The molecule has 2 N–H and O–H groups in total. The van der Waals surface area contributed by atoms with E-state index in [9.17, 15) is 5.11 Å². The van der Waals surface area contributed by atoms with E-state index in [-0.39, 0.29) is 6.10 Å². The molecule has 0 heterocycles. The minimum absolute atomic E-state index is 0.0770. The van der Waals surface area contributed by atoms with Gasteiger partial charge < -0.3 is 10.4 Å². The van der Waals surface area contributed by atoms with Gasteiger partial charge in [-0.3, -0.25) is 0 Å². The Hall–Kier alpha value is -0.0800. The minimum atomic E-state index is -0.0770. The lowest BCUT2D eigenvalue weighted by molar-refractivity contribution is 0.149. The van der Waals surface area contributed by atoms with Crippen molar-refractivity contribution in [2.45, 2.75) is 51.2 Å². The zero-order valence-electron chi connectivity index (χ0n) is 7.34. The molecule has 0 aromatic rings. The van der Waals surface area contributed by atoms with Crippen molar-refractivity contribution in [1.82, 2.24) is 5.32 Å². The zero-order chi connectivity index (χ0) is 8.10. The molecule has 0 aromatic carbocycles. The molecule has 2 atom stereocenters. The normalized spacial score (nSPS) is 31.1. The van der Waals surface area contributed by atoms with Crippen LogP contribution in [0.3, 0.4) is 0 Å². The highest BCUT2D eigenvalue weighted by atomic mass is 16.3. The molecular formula is C9H19NO. The lowest BCUT2D eigenvalue weighted by Gasteiger charge is -2.15. The fourth-order valence-electron chi connectivity index (χ4n) is 1.64. The number of hydrogen-bond donors (Lipinski definition) is 2. The highest BCUT2D eigenvalue weighted by Gasteiger charge is 2.23.